The predicted molar refractivity (Wildman–Crippen MR) is 87.7 cm³/mol. The van der Waals surface area contributed by atoms with E-state index in [0.29, 0.717) is 19.4 Å². The number of rotatable bonds is 3. The molecule has 4 atom stereocenters. The lowest BCUT2D eigenvalue weighted by atomic mass is 9.80. The van der Waals surface area contributed by atoms with Crippen LogP contribution in [-0.4, -0.2) is 28.4 Å². The number of carbonyl (C=O) groups excluding carboxylic acids is 1. The van der Waals surface area contributed by atoms with Crippen molar-refractivity contribution in [2.45, 2.75) is 45.1 Å². The van der Waals surface area contributed by atoms with E-state index in [0.717, 1.165) is 24.8 Å². The van der Waals surface area contributed by atoms with E-state index in [9.17, 15) is 19.1 Å². The number of carbonyl (C=O) groups is 2. The number of carboxylic acids is 1. The van der Waals surface area contributed by atoms with E-state index in [1.54, 1.807) is 6.07 Å². The lowest BCUT2D eigenvalue weighted by Gasteiger charge is -2.33. The average molecular weight is 333 g/mol. The molecule has 1 aromatic carbocycles. The summed E-state index contributed by atoms with van der Waals surface area (Å²) in [4.78, 5) is 26.1. The zero-order valence-electron chi connectivity index (χ0n) is 14.0. The number of hydrogen-bond donors (Lipinski definition) is 1. The molecule has 1 N–H and O–H groups in total. The topological polar surface area (TPSA) is 57.6 Å². The zero-order valence-corrected chi connectivity index (χ0v) is 14.0. The fraction of sp³-hybridized carbons (Fsp3) is 0.579. The molecule has 1 amide bonds. The van der Waals surface area contributed by atoms with Crippen molar-refractivity contribution in [3.8, 4) is 0 Å². The molecule has 0 radical (unpaired) electrons. The van der Waals surface area contributed by atoms with Gasteiger partial charge in [0, 0.05) is 12.5 Å². The molecule has 130 valence electrons. The third-order valence-electron chi connectivity index (χ3n) is 5.55. The highest BCUT2D eigenvalue weighted by atomic mass is 19.1. The van der Waals surface area contributed by atoms with Gasteiger partial charge in [-0.25, -0.2) is 4.39 Å². The van der Waals surface area contributed by atoms with Crippen molar-refractivity contribution < 1.29 is 19.1 Å². The molecule has 0 spiro atoms. The molecule has 1 aliphatic heterocycles. The molecule has 3 rings (SSSR count). The molecule has 2 aliphatic rings. The van der Waals surface area contributed by atoms with Gasteiger partial charge in [-0.1, -0.05) is 25.5 Å². The third kappa shape index (κ3) is 3.30. The quantitative estimate of drug-likeness (QED) is 0.919. The van der Waals surface area contributed by atoms with Crippen LogP contribution in [0.3, 0.4) is 0 Å². The Bertz CT molecular complexity index is 633. The van der Waals surface area contributed by atoms with Crippen LogP contribution in [0.1, 0.15) is 50.6 Å². The summed E-state index contributed by atoms with van der Waals surface area (Å²) in [5, 5.41) is 9.24. The highest BCUT2D eigenvalue weighted by Crippen LogP contribution is 2.40. The van der Waals surface area contributed by atoms with Crippen molar-refractivity contribution in [1.82, 2.24) is 4.90 Å². The Morgan fingerprint density at radius 1 is 1.21 bits per heavy atom. The van der Waals surface area contributed by atoms with Gasteiger partial charge >= 0.3 is 5.97 Å². The van der Waals surface area contributed by atoms with Crippen LogP contribution in [-0.2, 0) is 9.59 Å². The van der Waals surface area contributed by atoms with Crippen LogP contribution in [0.4, 0.5) is 4.39 Å². The van der Waals surface area contributed by atoms with E-state index in [2.05, 4.69) is 6.92 Å². The first-order valence-corrected chi connectivity index (χ1v) is 8.76. The van der Waals surface area contributed by atoms with Crippen molar-refractivity contribution in [2.24, 2.45) is 17.8 Å². The van der Waals surface area contributed by atoms with Crippen molar-refractivity contribution in [3.63, 3.8) is 0 Å². The number of aliphatic carboxylic acids is 1. The van der Waals surface area contributed by atoms with Gasteiger partial charge in [-0.05, 0) is 49.3 Å². The minimum atomic E-state index is -0.802. The maximum atomic E-state index is 13.6. The first-order chi connectivity index (χ1) is 11.5. The fourth-order valence-corrected chi connectivity index (χ4v) is 4.27. The van der Waals surface area contributed by atoms with Crippen molar-refractivity contribution >= 4 is 11.9 Å². The Hall–Kier alpha value is -1.91. The van der Waals surface area contributed by atoms with Crippen LogP contribution in [0.15, 0.2) is 24.3 Å². The lowest BCUT2D eigenvalue weighted by molar-refractivity contribution is -0.145. The smallest absolute Gasteiger partial charge is 0.306 e. The predicted octanol–water partition coefficient (Wildman–Crippen LogP) is 3.63. The fourth-order valence-electron chi connectivity index (χ4n) is 4.27. The lowest BCUT2D eigenvalue weighted by Crippen LogP contribution is -2.39. The van der Waals surface area contributed by atoms with E-state index in [4.69, 9.17) is 0 Å². The zero-order chi connectivity index (χ0) is 17.3. The number of halogens is 1. The van der Waals surface area contributed by atoms with Crippen LogP contribution in [0.5, 0.6) is 0 Å². The SMILES string of the molecule is CC1CCN(C(=O)C2CCCC(C(=O)O)C2)C1c1cccc(F)c1. The molecule has 0 aromatic heterocycles. The van der Waals surface area contributed by atoms with E-state index in [1.807, 2.05) is 11.0 Å². The summed E-state index contributed by atoms with van der Waals surface area (Å²) in [5.74, 6) is -1.41. The Kier molecular flexibility index (Phi) is 4.88. The summed E-state index contributed by atoms with van der Waals surface area (Å²) in [5.41, 5.74) is 0.832. The van der Waals surface area contributed by atoms with E-state index < -0.39 is 11.9 Å². The standard InChI is InChI=1S/C19H24FNO3/c1-12-8-9-21(17(12)13-4-3-7-16(20)11-13)18(22)14-5-2-6-15(10-14)19(23)24/h3-4,7,11-12,14-15,17H,2,5-6,8-10H2,1H3,(H,23,24). The Balaban J connectivity index is 1.79. The number of amides is 1. The number of carboxylic acid groups (broad SMARTS) is 1. The van der Waals surface area contributed by atoms with Crippen LogP contribution < -0.4 is 0 Å². The van der Waals surface area contributed by atoms with Gasteiger partial charge in [0.1, 0.15) is 5.82 Å². The van der Waals surface area contributed by atoms with Crippen LogP contribution >= 0.6 is 0 Å². The van der Waals surface area contributed by atoms with E-state index >= 15 is 0 Å². The summed E-state index contributed by atoms with van der Waals surface area (Å²) in [7, 11) is 0. The van der Waals surface area contributed by atoms with Crippen LogP contribution in [0, 0.1) is 23.6 Å². The van der Waals surface area contributed by atoms with Crippen molar-refractivity contribution in [2.75, 3.05) is 6.54 Å². The first kappa shape index (κ1) is 16.9. The number of nitrogens with zero attached hydrogens (tertiary/aromatic N) is 1. The van der Waals surface area contributed by atoms with Gasteiger partial charge in [0.15, 0.2) is 0 Å². The minimum absolute atomic E-state index is 0.0413. The van der Waals surface area contributed by atoms with Gasteiger partial charge in [-0.3, -0.25) is 9.59 Å². The molecule has 24 heavy (non-hydrogen) atoms. The van der Waals surface area contributed by atoms with E-state index in [1.165, 1.54) is 12.1 Å². The van der Waals surface area contributed by atoms with Gasteiger partial charge in [0.25, 0.3) is 0 Å². The molecule has 0 bridgehead atoms. The number of likely N-dealkylation sites (tertiary alicyclic amines) is 1. The van der Waals surface area contributed by atoms with Gasteiger partial charge < -0.3 is 10.0 Å². The first-order valence-electron chi connectivity index (χ1n) is 8.76. The molecule has 4 unspecified atom stereocenters. The van der Waals surface area contributed by atoms with Crippen LogP contribution in [0.25, 0.3) is 0 Å². The summed E-state index contributed by atoms with van der Waals surface area (Å²) in [6.07, 6.45) is 3.50. The number of hydrogen-bond acceptors (Lipinski definition) is 2. The molecule has 5 heteroatoms. The molecular formula is C19H24FNO3. The molecule has 2 fully saturated rings. The third-order valence-corrected chi connectivity index (χ3v) is 5.55. The second-order valence-corrected chi connectivity index (χ2v) is 7.20. The highest BCUT2D eigenvalue weighted by Gasteiger charge is 2.40. The van der Waals surface area contributed by atoms with Crippen LogP contribution in [0.2, 0.25) is 0 Å². The average Bonchev–Trinajstić information content (AvgIpc) is 2.96. The molecule has 1 heterocycles. The molecule has 1 aliphatic carbocycles. The second kappa shape index (κ2) is 6.91. The maximum Gasteiger partial charge on any atom is 0.306 e. The maximum absolute atomic E-state index is 13.6. The van der Waals surface area contributed by atoms with E-state index in [-0.39, 0.29) is 29.6 Å². The second-order valence-electron chi connectivity index (χ2n) is 7.20. The Morgan fingerprint density at radius 3 is 2.67 bits per heavy atom. The molecule has 1 saturated carbocycles. The molecule has 4 nitrogen and oxygen atoms in total. The molecule has 1 saturated heterocycles. The van der Waals surface area contributed by atoms with Gasteiger partial charge in [0.05, 0.1) is 12.0 Å². The highest BCUT2D eigenvalue weighted by molar-refractivity contribution is 5.81. The van der Waals surface area contributed by atoms with Gasteiger partial charge in [-0.2, -0.15) is 0 Å². The molecular weight excluding hydrogens is 309 g/mol. The summed E-state index contributed by atoms with van der Waals surface area (Å²) >= 11 is 0. The van der Waals surface area contributed by atoms with Crippen molar-refractivity contribution in [3.05, 3.63) is 35.6 Å². The largest absolute Gasteiger partial charge is 0.481 e. The molecule has 1 aromatic rings. The Labute approximate surface area is 141 Å². The monoisotopic (exact) mass is 333 g/mol. The normalized spacial score (nSPS) is 30.3. The summed E-state index contributed by atoms with van der Waals surface area (Å²) < 4.78 is 13.6. The minimum Gasteiger partial charge on any atom is -0.481 e. The summed E-state index contributed by atoms with van der Waals surface area (Å²) in [6, 6.07) is 6.36. The Morgan fingerprint density at radius 2 is 1.96 bits per heavy atom. The summed E-state index contributed by atoms with van der Waals surface area (Å²) in [6.45, 7) is 2.75. The number of benzene rings is 1. The van der Waals surface area contributed by atoms with Gasteiger partial charge in [-0.15, -0.1) is 0 Å². The van der Waals surface area contributed by atoms with Gasteiger partial charge in [0.2, 0.25) is 5.91 Å². The van der Waals surface area contributed by atoms with Crippen molar-refractivity contribution in [1.29, 1.82) is 0 Å².